The fraction of sp³-hybridized carbons (Fsp3) is 0.444. The zero-order chi connectivity index (χ0) is 18.4. The molecule has 3 N–H and O–H groups in total. The third kappa shape index (κ3) is 4.94. The SMILES string of the molecule is Cc1cc(NC(=O)c2ccco2)sc1C(=O)NCCCN1CCNCC1. The molecule has 0 unspecified atom stereocenters. The fourth-order valence-electron chi connectivity index (χ4n) is 2.87. The maximum Gasteiger partial charge on any atom is 0.291 e. The molecule has 1 aliphatic rings. The van der Waals surface area contributed by atoms with Gasteiger partial charge in [0.25, 0.3) is 11.8 Å². The summed E-state index contributed by atoms with van der Waals surface area (Å²) >= 11 is 1.27. The number of carbonyl (C=O) groups is 2. The van der Waals surface area contributed by atoms with Crippen LogP contribution < -0.4 is 16.0 Å². The van der Waals surface area contributed by atoms with Gasteiger partial charge in [0.15, 0.2) is 5.76 Å². The number of nitrogens with zero attached hydrogens (tertiary/aromatic N) is 1. The van der Waals surface area contributed by atoms with Gasteiger partial charge in [-0.2, -0.15) is 0 Å². The van der Waals surface area contributed by atoms with Crippen LogP contribution in [-0.4, -0.2) is 56.0 Å². The van der Waals surface area contributed by atoms with E-state index in [0.29, 0.717) is 16.4 Å². The van der Waals surface area contributed by atoms with Crippen molar-refractivity contribution in [1.82, 2.24) is 15.5 Å². The quantitative estimate of drug-likeness (QED) is 0.643. The lowest BCUT2D eigenvalue weighted by Crippen LogP contribution is -2.44. The molecule has 2 aromatic rings. The van der Waals surface area contributed by atoms with E-state index in [1.165, 1.54) is 17.6 Å². The van der Waals surface area contributed by atoms with Crippen molar-refractivity contribution in [3.05, 3.63) is 40.7 Å². The Bertz CT molecular complexity index is 736. The van der Waals surface area contributed by atoms with Crippen molar-refractivity contribution >= 4 is 28.2 Å². The average molecular weight is 376 g/mol. The molecule has 2 amide bonds. The van der Waals surface area contributed by atoms with Crippen LogP contribution in [-0.2, 0) is 0 Å². The molecule has 8 heteroatoms. The van der Waals surface area contributed by atoms with Crippen LogP contribution in [0.5, 0.6) is 0 Å². The molecule has 1 saturated heterocycles. The molecule has 0 spiro atoms. The van der Waals surface area contributed by atoms with Crippen LogP contribution in [0, 0.1) is 6.92 Å². The van der Waals surface area contributed by atoms with Crippen LogP contribution in [0.3, 0.4) is 0 Å². The van der Waals surface area contributed by atoms with Crippen LogP contribution in [0.25, 0.3) is 0 Å². The van der Waals surface area contributed by atoms with Crippen molar-refractivity contribution in [2.75, 3.05) is 44.6 Å². The van der Waals surface area contributed by atoms with E-state index in [4.69, 9.17) is 4.42 Å². The van der Waals surface area contributed by atoms with E-state index in [1.54, 1.807) is 18.2 Å². The minimum Gasteiger partial charge on any atom is -0.459 e. The largest absolute Gasteiger partial charge is 0.459 e. The van der Waals surface area contributed by atoms with Crippen molar-refractivity contribution in [3.8, 4) is 0 Å². The third-order valence-corrected chi connectivity index (χ3v) is 5.40. The van der Waals surface area contributed by atoms with Crippen LogP contribution in [0.4, 0.5) is 5.00 Å². The number of aryl methyl sites for hydroxylation is 1. The number of hydrogen-bond acceptors (Lipinski definition) is 6. The van der Waals surface area contributed by atoms with Gasteiger partial charge in [-0.1, -0.05) is 0 Å². The molecular formula is C18H24N4O3S. The Morgan fingerprint density at radius 3 is 2.85 bits per heavy atom. The number of carbonyl (C=O) groups excluding carboxylic acids is 2. The molecule has 0 aromatic carbocycles. The molecule has 7 nitrogen and oxygen atoms in total. The van der Waals surface area contributed by atoms with E-state index in [1.807, 2.05) is 6.92 Å². The van der Waals surface area contributed by atoms with Crippen molar-refractivity contribution in [2.24, 2.45) is 0 Å². The minimum atomic E-state index is -0.320. The second-order valence-electron chi connectivity index (χ2n) is 6.26. The van der Waals surface area contributed by atoms with Crippen molar-refractivity contribution in [3.63, 3.8) is 0 Å². The molecule has 140 valence electrons. The van der Waals surface area contributed by atoms with Crippen molar-refractivity contribution < 1.29 is 14.0 Å². The van der Waals surface area contributed by atoms with Crippen LogP contribution in [0.1, 0.15) is 32.2 Å². The van der Waals surface area contributed by atoms with Gasteiger partial charge in [-0.3, -0.25) is 9.59 Å². The fourth-order valence-corrected chi connectivity index (χ4v) is 3.85. The highest BCUT2D eigenvalue weighted by Crippen LogP contribution is 2.27. The molecule has 0 bridgehead atoms. The summed E-state index contributed by atoms with van der Waals surface area (Å²) in [7, 11) is 0. The predicted molar refractivity (Wildman–Crippen MR) is 102 cm³/mol. The van der Waals surface area contributed by atoms with Gasteiger partial charge in [0.1, 0.15) is 0 Å². The first-order valence-corrected chi connectivity index (χ1v) is 9.61. The second-order valence-corrected chi connectivity index (χ2v) is 7.31. The average Bonchev–Trinajstić information content (AvgIpc) is 3.29. The Labute approximate surface area is 156 Å². The lowest BCUT2D eigenvalue weighted by molar-refractivity contribution is 0.0953. The first-order valence-electron chi connectivity index (χ1n) is 8.80. The number of piperazine rings is 1. The van der Waals surface area contributed by atoms with Crippen molar-refractivity contribution in [1.29, 1.82) is 0 Å². The van der Waals surface area contributed by atoms with Gasteiger partial charge in [0.2, 0.25) is 0 Å². The number of hydrogen-bond donors (Lipinski definition) is 3. The molecule has 3 rings (SSSR count). The summed E-state index contributed by atoms with van der Waals surface area (Å²) in [5.41, 5.74) is 0.851. The second kappa shape index (κ2) is 8.98. The minimum absolute atomic E-state index is 0.0914. The van der Waals surface area contributed by atoms with Crippen LogP contribution >= 0.6 is 11.3 Å². The van der Waals surface area contributed by atoms with Gasteiger partial charge in [0.05, 0.1) is 16.1 Å². The molecule has 26 heavy (non-hydrogen) atoms. The Morgan fingerprint density at radius 2 is 2.12 bits per heavy atom. The first kappa shape index (κ1) is 18.6. The van der Waals surface area contributed by atoms with Gasteiger partial charge < -0.3 is 25.3 Å². The standard InChI is InChI=1S/C18H24N4O3S/c1-13-12-15(21-17(23)14-4-2-11-25-14)26-16(13)18(24)20-5-3-8-22-9-6-19-7-10-22/h2,4,11-12,19H,3,5-10H2,1H3,(H,20,24)(H,21,23). The van der Waals surface area contributed by atoms with E-state index in [-0.39, 0.29) is 17.6 Å². The first-order chi connectivity index (χ1) is 12.6. The number of anilines is 1. The number of furan rings is 1. The van der Waals surface area contributed by atoms with Gasteiger partial charge in [-0.25, -0.2) is 0 Å². The monoisotopic (exact) mass is 376 g/mol. The maximum atomic E-state index is 12.4. The van der Waals surface area contributed by atoms with Crippen LogP contribution in [0.2, 0.25) is 0 Å². The number of thiophene rings is 1. The zero-order valence-corrected chi connectivity index (χ0v) is 15.7. The lowest BCUT2D eigenvalue weighted by Gasteiger charge is -2.27. The molecule has 2 aromatic heterocycles. The Balaban J connectivity index is 1.46. The summed E-state index contributed by atoms with van der Waals surface area (Å²) in [5, 5.41) is 9.70. The highest BCUT2D eigenvalue weighted by Gasteiger charge is 2.16. The molecule has 0 aliphatic carbocycles. The van der Waals surface area contributed by atoms with Gasteiger partial charge in [0, 0.05) is 32.7 Å². The summed E-state index contributed by atoms with van der Waals surface area (Å²) in [4.78, 5) is 27.4. The Kier molecular flexibility index (Phi) is 6.43. The molecule has 0 radical (unpaired) electrons. The smallest absolute Gasteiger partial charge is 0.291 e. The normalized spacial score (nSPS) is 15.0. The van der Waals surface area contributed by atoms with Crippen molar-refractivity contribution in [2.45, 2.75) is 13.3 Å². The van der Waals surface area contributed by atoms with Gasteiger partial charge in [-0.15, -0.1) is 11.3 Å². The molecule has 3 heterocycles. The third-order valence-electron chi connectivity index (χ3n) is 4.25. The highest BCUT2D eigenvalue weighted by molar-refractivity contribution is 7.18. The molecule has 0 saturated carbocycles. The summed E-state index contributed by atoms with van der Waals surface area (Å²) in [5.74, 6) is -0.166. The summed E-state index contributed by atoms with van der Waals surface area (Å²) in [6.45, 7) is 7.71. The topological polar surface area (TPSA) is 86.6 Å². The van der Waals surface area contributed by atoms with E-state index in [9.17, 15) is 9.59 Å². The maximum absolute atomic E-state index is 12.4. The molecule has 1 fully saturated rings. The molecule has 0 atom stereocenters. The highest BCUT2D eigenvalue weighted by atomic mass is 32.1. The summed E-state index contributed by atoms with van der Waals surface area (Å²) in [6.07, 6.45) is 2.38. The van der Waals surface area contributed by atoms with E-state index in [2.05, 4.69) is 20.9 Å². The number of rotatable bonds is 7. The van der Waals surface area contributed by atoms with Crippen LogP contribution in [0.15, 0.2) is 28.9 Å². The van der Waals surface area contributed by atoms with Gasteiger partial charge >= 0.3 is 0 Å². The van der Waals surface area contributed by atoms with E-state index >= 15 is 0 Å². The zero-order valence-electron chi connectivity index (χ0n) is 14.8. The molecular weight excluding hydrogens is 352 g/mol. The lowest BCUT2D eigenvalue weighted by atomic mass is 10.2. The Morgan fingerprint density at radius 1 is 1.31 bits per heavy atom. The summed E-state index contributed by atoms with van der Waals surface area (Å²) < 4.78 is 5.07. The number of amides is 2. The van der Waals surface area contributed by atoms with E-state index in [0.717, 1.165) is 44.7 Å². The Hall–Kier alpha value is -2.16. The van der Waals surface area contributed by atoms with E-state index < -0.39 is 0 Å². The van der Waals surface area contributed by atoms with Gasteiger partial charge in [-0.05, 0) is 43.7 Å². The molecule has 1 aliphatic heterocycles. The summed E-state index contributed by atoms with van der Waals surface area (Å²) in [6, 6.07) is 5.07. The number of nitrogens with one attached hydrogen (secondary N) is 3. The predicted octanol–water partition coefficient (Wildman–Crippen LogP) is 1.93.